The highest BCUT2D eigenvalue weighted by Gasteiger charge is 2.13. The van der Waals surface area contributed by atoms with Crippen molar-refractivity contribution in [3.8, 4) is 11.1 Å². The molecule has 192 valence electrons. The summed E-state index contributed by atoms with van der Waals surface area (Å²) in [5.41, 5.74) is 12.9. The van der Waals surface area contributed by atoms with Gasteiger partial charge < -0.3 is 26.0 Å². The van der Waals surface area contributed by atoms with E-state index in [2.05, 4.69) is 15.5 Å². The Morgan fingerprint density at radius 2 is 1.29 bits per heavy atom. The Hall–Kier alpha value is -4.62. The van der Waals surface area contributed by atoms with Crippen LogP contribution in [0.15, 0.2) is 91.0 Å². The van der Waals surface area contributed by atoms with Gasteiger partial charge in [-0.3, -0.25) is 9.59 Å². The van der Waals surface area contributed by atoms with E-state index in [-0.39, 0.29) is 11.8 Å². The average molecular weight is 507 g/mol. The number of nitrogen functional groups attached to an aromatic ring is 1. The molecule has 5 rings (SSSR count). The van der Waals surface area contributed by atoms with Crippen molar-refractivity contribution in [3.05, 3.63) is 108 Å². The van der Waals surface area contributed by atoms with Gasteiger partial charge in [-0.25, -0.2) is 0 Å². The van der Waals surface area contributed by atoms with Crippen LogP contribution in [0.4, 0.5) is 22.7 Å². The average Bonchev–Trinajstić information content (AvgIpc) is 2.95. The number of hydrogen-bond donors (Lipinski definition) is 3. The van der Waals surface area contributed by atoms with Crippen LogP contribution in [0, 0.1) is 6.92 Å². The van der Waals surface area contributed by atoms with Gasteiger partial charge in [0.15, 0.2) is 0 Å². The number of ether oxygens (including phenoxy) is 1. The van der Waals surface area contributed by atoms with Crippen molar-refractivity contribution in [2.75, 3.05) is 47.6 Å². The molecule has 1 aliphatic heterocycles. The zero-order chi connectivity index (χ0) is 26.5. The summed E-state index contributed by atoms with van der Waals surface area (Å²) in [6.45, 7) is 5.20. The summed E-state index contributed by atoms with van der Waals surface area (Å²) in [6, 6.07) is 27.9. The third kappa shape index (κ3) is 5.85. The van der Waals surface area contributed by atoms with Gasteiger partial charge in [-0.05, 0) is 96.4 Å². The summed E-state index contributed by atoms with van der Waals surface area (Å²) in [5.74, 6) is -0.379. The number of aryl methyl sites for hydroxylation is 1. The molecule has 0 saturated carbocycles. The monoisotopic (exact) mass is 506 g/mol. The minimum atomic E-state index is -0.203. The van der Waals surface area contributed by atoms with Crippen LogP contribution in [0.5, 0.6) is 0 Å². The summed E-state index contributed by atoms with van der Waals surface area (Å²) < 4.78 is 5.42. The van der Waals surface area contributed by atoms with Gasteiger partial charge in [0.2, 0.25) is 0 Å². The highest BCUT2D eigenvalue weighted by Crippen LogP contribution is 2.26. The number of benzene rings is 4. The molecule has 1 fully saturated rings. The number of carbonyl (C=O) groups excluding carboxylic acids is 2. The van der Waals surface area contributed by atoms with Gasteiger partial charge in [0.25, 0.3) is 11.8 Å². The second kappa shape index (κ2) is 11.2. The topological polar surface area (TPSA) is 96.7 Å². The van der Waals surface area contributed by atoms with Crippen molar-refractivity contribution in [2.24, 2.45) is 0 Å². The lowest BCUT2D eigenvalue weighted by Gasteiger charge is -2.28. The van der Waals surface area contributed by atoms with Crippen molar-refractivity contribution in [2.45, 2.75) is 6.92 Å². The number of amides is 2. The number of anilines is 4. The molecular formula is C31H30N4O3. The van der Waals surface area contributed by atoms with Crippen LogP contribution in [-0.4, -0.2) is 38.1 Å². The summed E-state index contributed by atoms with van der Waals surface area (Å²) in [6.07, 6.45) is 0. The lowest BCUT2D eigenvalue weighted by atomic mass is 9.97. The fourth-order valence-corrected chi connectivity index (χ4v) is 4.43. The number of rotatable bonds is 6. The first-order chi connectivity index (χ1) is 18.5. The summed E-state index contributed by atoms with van der Waals surface area (Å²) >= 11 is 0. The highest BCUT2D eigenvalue weighted by atomic mass is 16.5. The fourth-order valence-electron chi connectivity index (χ4n) is 4.43. The van der Waals surface area contributed by atoms with Crippen LogP contribution in [0.3, 0.4) is 0 Å². The van der Waals surface area contributed by atoms with Gasteiger partial charge in [0.05, 0.1) is 13.2 Å². The third-order valence-electron chi connectivity index (χ3n) is 6.63. The molecule has 4 aromatic carbocycles. The minimum Gasteiger partial charge on any atom is -0.399 e. The van der Waals surface area contributed by atoms with E-state index in [1.807, 2.05) is 61.5 Å². The molecule has 0 atom stereocenters. The van der Waals surface area contributed by atoms with Crippen molar-refractivity contribution >= 4 is 34.6 Å². The maximum Gasteiger partial charge on any atom is 0.255 e. The first-order valence-corrected chi connectivity index (χ1v) is 12.6. The second-order valence-corrected chi connectivity index (χ2v) is 9.28. The molecule has 1 heterocycles. The van der Waals surface area contributed by atoms with Gasteiger partial charge in [-0.1, -0.05) is 18.2 Å². The largest absolute Gasteiger partial charge is 0.399 e. The van der Waals surface area contributed by atoms with E-state index >= 15 is 0 Å². The van der Waals surface area contributed by atoms with E-state index in [1.54, 1.807) is 36.4 Å². The Labute approximate surface area is 222 Å². The lowest BCUT2D eigenvalue weighted by Crippen LogP contribution is -2.36. The lowest BCUT2D eigenvalue weighted by molar-refractivity contribution is 0.101. The Morgan fingerprint density at radius 3 is 1.92 bits per heavy atom. The normalized spacial score (nSPS) is 13.1. The fraction of sp³-hybridized carbons (Fsp3) is 0.161. The SMILES string of the molecule is Cc1ccc(C(=O)Nc2ccc(N3CCOCC3)cc2)cc1-c1ccc(C(=O)Nc2ccc(N)cc2)cc1. The van der Waals surface area contributed by atoms with Gasteiger partial charge >= 0.3 is 0 Å². The molecule has 0 aliphatic carbocycles. The first kappa shape index (κ1) is 25.0. The molecule has 7 nitrogen and oxygen atoms in total. The molecule has 4 aromatic rings. The third-order valence-corrected chi connectivity index (χ3v) is 6.63. The van der Waals surface area contributed by atoms with E-state index in [9.17, 15) is 9.59 Å². The molecule has 0 unspecified atom stereocenters. The van der Waals surface area contributed by atoms with E-state index in [1.165, 1.54) is 0 Å². The number of nitrogens with two attached hydrogens (primary N) is 1. The van der Waals surface area contributed by atoms with Crippen molar-refractivity contribution < 1.29 is 14.3 Å². The summed E-state index contributed by atoms with van der Waals surface area (Å²) in [4.78, 5) is 27.9. The molecule has 0 spiro atoms. The Morgan fingerprint density at radius 1 is 0.737 bits per heavy atom. The smallest absolute Gasteiger partial charge is 0.255 e. The predicted molar refractivity (Wildman–Crippen MR) is 153 cm³/mol. The van der Waals surface area contributed by atoms with Crippen molar-refractivity contribution in [1.82, 2.24) is 0 Å². The molecule has 7 heteroatoms. The molecule has 4 N–H and O–H groups in total. The zero-order valence-corrected chi connectivity index (χ0v) is 21.2. The molecule has 1 saturated heterocycles. The number of hydrogen-bond acceptors (Lipinski definition) is 5. The van der Waals surface area contributed by atoms with Gasteiger partial charge in [0, 0.05) is 47.0 Å². The molecule has 0 radical (unpaired) electrons. The standard InChI is InChI=1S/C31H30N4O3/c1-21-2-3-24(31(37)34-27-12-14-28(15-13-27)35-16-18-38-19-17-35)20-29(21)22-4-6-23(7-5-22)30(36)33-26-10-8-25(32)9-11-26/h2-15,20H,16-19,32H2,1H3,(H,33,36)(H,34,37). The van der Waals surface area contributed by atoms with Crippen LogP contribution in [-0.2, 0) is 4.74 Å². The quantitative estimate of drug-likeness (QED) is 0.297. The summed E-state index contributed by atoms with van der Waals surface area (Å²) in [5, 5.41) is 5.86. The van der Waals surface area contributed by atoms with Crippen molar-refractivity contribution in [3.63, 3.8) is 0 Å². The van der Waals surface area contributed by atoms with Crippen molar-refractivity contribution in [1.29, 1.82) is 0 Å². The van der Waals surface area contributed by atoms with Gasteiger partial charge in [0.1, 0.15) is 0 Å². The van der Waals surface area contributed by atoms with Gasteiger partial charge in [-0.2, -0.15) is 0 Å². The number of carbonyl (C=O) groups is 2. The Bertz CT molecular complexity index is 1430. The molecule has 38 heavy (non-hydrogen) atoms. The Balaban J connectivity index is 1.27. The Kier molecular flexibility index (Phi) is 7.38. The van der Waals surface area contributed by atoms with Crippen LogP contribution in [0.2, 0.25) is 0 Å². The maximum atomic E-state index is 13.0. The van der Waals surface area contributed by atoms with E-state index in [0.717, 1.165) is 54.4 Å². The van der Waals surface area contributed by atoms with E-state index in [4.69, 9.17) is 10.5 Å². The number of nitrogens with one attached hydrogen (secondary N) is 2. The first-order valence-electron chi connectivity index (χ1n) is 12.6. The van der Waals surface area contributed by atoms with E-state index in [0.29, 0.717) is 22.5 Å². The van der Waals surface area contributed by atoms with Crippen LogP contribution in [0.25, 0.3) is 11.1 Å². The van der Waals surface area contributed by atoms with E-state index < -0.39 is 0 Å². The minimum absolute atomic E-state index is 0.176. The molecule has 0 bridgehead atoms. The van der Waals surface area contributed by atoms with Gasteiger partial charge in [-0.15, -0.1) is 0 Å². The number of morpholine rings is 1. The van der Waals surface area contributed by atoms with Crippen LogP contribution < -0.4 is 21.3 Å². The summed E-state index contributed by atoms with van der Waals surface area (Å²) in [7, 11) is 0. The number of nitrogens with zero attached hydrogens (tertiary/aromatic N) is 1. The molecule has 1 aliphatic rings. The molecule has 2 amide bonds. The highest BCUT2D eigenvalue weighted by molar-refractivity contribution is 6.06. The second-order valence-electron chi connectivity index (χ2n) is 9.28. The van der Waals surface area contributed by atoms with Crippen LogP contribution >= 0.6 is 0 Å². The molecule has 0 aromatic heterocycles. The molecular weight excluding hydrogens is 476 g/mol. The maximum absolute atomic E-state index is 13.0. The van der Waals surface area contributed by atoms with Crippen LogP contribution in [0.1, 0.15) is 26.3 Å². The zero-order valence-electron chi connectivity index (χ0n) is 21.2. The predicted octanol–water partition coefficient (Wildman–Crippen LogP) is 5.59.